The first kappa shape index (κ1) is 27.0. The maximum absolute atomic E-state index is 8.44. The molecule has 0 saturated heterocycles. The van der Waals surface area contributed by atoms with Gasteiger partial charge in [-0.3, -0.25) is 16.3 Å². The maximum atomic E-state index is 8.44. The molecule has 3 aromatic heterocycles. The molecule has 0 aliphatic heterocycles. The van der Waals surface area contributed by atoms with Gasteiger partial charge in [0.15, 0.2) is 0 Å². The number of benzene rings is 4. The van der Waals surface area contributed by atoms with Crippen LogP contribution in [0.2, 0.25) is 0 Å². The summed E-state index contributed by atoms with van der Waals surface area (Å²) in [7, 11) is 0. The van der Waals surface area contributed by atoms with E-state index in [2.05, 4.69) is 109 Å². The second-order valence-electron chi connectivity index (χ2n) is 12.6. The molecule has 1 radical (unpaired) electrons. The second-order valence-corrected chi connectivity index (χ2v) is 13.4. The average molecular weight is 833 g/mol. The predicted molar refractivity (Wildman–Crippen MR) is 201 cm³/mol. The van der Waals surface area contributed by atoms with Crippen molar-refractivity contribution < 1.29 is 29.7 Å². The van der Waals surface area contributed by atoms with Crippen LogP contribution in [-0.4, -0.2) is 14.5 Å². The Bertz CT molecular complexity index is 2320. The minimum absolute atomic E-state index is 0. The SMILES string of the molecule is [2H]C(C)(C)c1ccc2c(-c3nc4ccccc4n3-c3c(C(C)C)cccc3C(C)C)[c-]sc2c1.[2H]C([2H])([2H])c1c[c-]c(-c2ccc(C([2H])([2H])[2H])cn2)cc1.[Ir]. The molecule has 247 valence electrons. The fourth-order valence-electron chi connectivity index (χ4n) is 5.78. The van der Waals surface area contributed by atoms with Gasteiger partial charge in [0, 0.05) is 41.6 Å². The van der Waals surface area contributed by atoms with Gasteiger partial charge in [-0.25, -0.2) is 0 Å². The zero-order valence-corrected chi connectivity index (χ0v) is 31.2. The molecule has 0 aliphatic carbocycles. The van der Waals surface area contributed by atoms with Crippen molar-refractivity contribution in [3.8, 4) is 28.3 Å². The summed E-state index contributed by atoms with van der Waals surface area (Å²) in [5.74, 6) is 1.06. The first-order valence-corrected chi connectivity index (χ1v) is 16.7. The van der Waals surface area contributed by atoms with Crippen molar-refractivity contribution in [2.75, 3.05) is 0 Å². The summed E-state index contributed by atoms with van der Waals surface area (Å²) in [6.07, 6.45) is 1.30. The van der Waals surface area contributed by atoms with E-state index < -0.39 is 19.6 Å². The Labute approximate surface area is 313 Å². The van der Waals surface area contributed by atoms with Gasteiger partial charge < -0.3 is 9.55 Å². The monoisotopic (exact) mass is 833 g/mol. The van der Waals surface area contributed by atoms with Crippen molar-refractivity contribution in [2.45, 2.75) is 73.0 Å². The Hall–Kier alpha value is -3.89. The molecular weight excluding hydrogens is 783 g/mol. The molecule has 0 atom stereocenters. The number of imidazole rings is 1. The van der Waals surface area contributed by atoms with E-state index in [0.29, 0.717) is 23.1 Å². The fraction of sp³-hybridized carbons (Fsp3) is 0.256. The zero-order chi connectivity index (χ0) is 39.2. The van der Waals surface area contributed by atoms with Crippen molar-refractivity contribution in [1.29, 1.82) is 0 Å². The number of nitrogens with zero attached hydrogens (tertiary/aromatic N) is 3. The molecule has 0 aliphatic rings. The van der Waals surface area contributed by atoms with Gasteiger partial charge in [-0.2, -0.15) is 0 Å². The summed E-state index contributed by atoms with van der Waals surface area (Å²) < 4.78 is 55.6. The Morgan fingerprint density at radius 3 is 2.17 bits per heavy atom. The standard InChI is InChI=1S/C30H31N2S.C13H12N.Ir/c1-18(2)21-14-15-24-25(17-33-28(24)16-21)30-31-26-12-7-8-13-27(26)32(30)29-22(19(3)4)10-9-11-23(29)20(5)6;1-10-3-6-12(7-4-10)13-8-5-11(2)9-14-13;/h7-16,18-20H,1-6H3;3-6,8-9H,1-2H3;/q2*-1;/i18D;1D3,2D3;. The van der Waals surface area contributed by atoms with Gasteiger partial charge in [-0.15, -0.1) is 46.8 Å². The summed E-state index contributed by atoms with van der Waals surface area (Å²) in [4.78, 5) is 9.23. The minimum Gasteiger partial charge on any atom is -0.333 e. The maximum Gasteiger partial charge on any atom is 0.0774 e. The van der Waals surface area contributed by atoms with Crippen molar-refractivity contribution >= 4 is 32.5 Å². The number of rotatable bonds is 6. The average Bonchev–Trinajstić information content (AvgIpc) is 3.71. The van der Waals surface area contributed by atoms with Crippen molar-refractivity contribution in [2.24, 2.45) is 0 Å². The van der Waals surface area contributed by atoms with Gasteiger partial charge in [-0.05, 0) is 59.1 Å². The second kappa shape index (κ2) is 15.1. The first-order chi connectivity index (χ1) is 25.3. The van der Waals surface area contributed by atoms with Gasteiger partial charge >= 0.3 is 0 Å². The van der Waals surface area contributed by atoms with Crippen molar-refractivity contribution in [1.82, 2.24) is 14.5 Å². The van der Waals surface area contributed by atoms with Gasteiger partial charge in [0.1, 0.15) is 0 Å². The van der Waals surface area contributed by atoms with Crippen LogP contribution in [0.1, 0.15) is 96.7 Å². The number of thiophene rings is 1. The van der Waals surface area contributed by atoms with Gasteiger partial charge in [0.05, 0.1) is 16.9 Å². The number of fused-ring (bicyclic) bond motifs is 2. The van der Waals surface area contributed by atoms with Crippen LogP contribution >= 0.6 is 11.3 Å². The zero-order valence-electron chi connectivity index (χ0n) is 35.0. The van der Waals surface area contributed by atoms with Crippen LogP contribution < -0.4 is 0 Å². The predicted octanol–water partition coefficient (Wildman–Crippen LogP) is 12.2. The molecule has 3 nitrogen and oxygen atoms in total. The molecule has 48 heavy (non-hydrogen) atoms. The Balaban J connectivity index is 0.000000237. The van der Waals surface area contributed by atoms with Crippen LogP contribution in [0.5, 0.6) is 0 Å². The van der Waals surface area contributed by atoms with Crippen LogP contribution in [0.3, 0.4) is 0 Å². The smallest absolute Gasteiger partial charge is 0.0774 e. The van der Waals surface area contributed by atoms with Gasteiger partial charge in [0.25, 0.3) is 0 Å². The normalized spacial score (nSPS) is 14.2. The van der Waals surface area contributed by atoms with E-state index in [0.717, 1.165) is 38.1 Å². The summed E-state index contributed by atoms with van der Waals surface area (Å²) in [5, 5.41) is 4.72. The van der Waals surface area contributed by atoms with Crippen LogP contribution in [0, 0.1) is 25.2 Å². The molecule has 0 unspecified atom stereocenters. The third-order valence-corrected chi connectivity index (χ3v) is 9.16. The third kappa shape index (κ3) is 7.24. The molecule has 0 spiro atoms. The molecule has 4 aromatic carbocycles. The Morgan fingerprint density at radius 2 is 1.54 bits per heavy atom. The summed E-state index contributed by atoms with van der Waals surface area (Å²) in [6.45, 7) is 8.57. The van der Waals surface area contributed by atoms with E-state index >= 15 is 0 Å². The molecule has 7 aromatic rings. The van der Waals surface area contributed by atoms with E-state index in [9.17, 15) is 0 Å². The molecule has 5 heteroatoms. The van der Waals surface area contributed by atoms with E-state index in [1.54, 1.807) is 23.5 Å². The summed E-state index contributed by atoms with van der Waals surface area (Å²) >= 11 is 1.61. The first-order valence-electron chi connectivity index (χ1n) is 19.4. The molecule has 0 saturated carbocycles. The molecule has 7 rings (SSSR count). The van der Waals surface area contributed by atoms with Crippen LogP contribution in [0.15, 0.2) is 97.2 Å². The fourth-order valence-corrected chi connectivity index (χ4v) is 6.66. The molecular formula is C43H43IrN3S-2. The number of hydrogen-bond acceptors (Lipinski definition) is 3. The quantitative estimate of drug-likeness (QED) is 0.156. The van der Waals surface area contributed by atoms with E-state index in [1.807, 2.05) is 13.8 Å². The van der Waals surface area contributed by atoms with Crippen molar-refractivity contribution in [3.63, 3.8) is 0 Å². The minimum atomic E-state index is -2.18. The molecule has 3 heterocycles. The van der Waals surface area contributed by atoms with E-state index in [-0.39, 0.29) is 31.2 Å². The van der Waals surface area contributed by atoms with Gasteiger partial charge in [-0.1, -0.05) is 124 Å². The number of para-hydroxylation sites is 3. The molecule has 0 fully saturated rings. The van der Waals surface area contributed by atoms with E-state index in [1.165, 1.54) is 41.2 Å². The Morgan fingerprint density at radius 1 is 0.812 bits per heavy atom. The summed E-state index contributed by atoms with van der Waals surface area (Å²) in [5.41, 5.74) is 9.59. The number of aromatic nitrogens is 3. The van der Waals surface area contributed by atoms with E-state index in [4.69, 9.17) is 14.6 Å². The number of aryl methyl sites for hydroxylation is 2. The van der Waals surface area contributed by atoms with Gasteiger partial charge in [0.2, 0.25) is 0 Å². The van der Waals surface area contributed by atoms with Crippen LogP contribution in [0.25, 0.3) is 49.5 Å². The number of hydrogen-bond donors (Lipinski definition) is 0. The Kier molecular flexibility index (Phi) is 8.50. The topological polar surface area (TPSA) is 30.7 Å². The molecule has 0 amide bonds. The largest absolute Gasteiger partial charge is 0.333 e. The van der Waals surface area contributed by atoms with Crippen LogP contribution in [-0.2, 0) is 20.1 Å². The third-order valence-electron chi connectivity index (χ3n) is 8.29. The molecule has 0 bridgehead atoms. The summed E-state index contributed by atoms with van der Waals surface area (Å²) in [6, 6.07) is 31.9. The van der Waals surface area contributed by atoms with Crippen molar-refractivity contribution in [3.05, 3.63) is 136 Å². The molecule has 0 N–H and O–H groups in total. The van der Waals surface area contributed by atoms with Crippen LogP contribution in [0.4, 0.5) is 0 Å². The number of pyridine rings is 1.